The van der Waals surface area contributed by atoms with E-state index in [0.29, 0.717) is 17.5 Å². The first kappa shape index (κ1) is 26.5. The lowest BCUT2D eigenvalue weighted by Gasteiger charge is -2.11. The van der Waals surface area contributed by atoms with Gasteiger partial charge in [0, 0.05) is 27.3 Å². The van der Waals surface area contributed by atoms with E-state index in [1.807, 2.05) is 66.7 Å². The van der Waals surface area contributed by atoms with Crippen LogP contribution in [0.2, 0.25) is 0 Å². The van der Waals surface area contributed by atoms with Gasteiger partial charge in [-0.3, -0.25) is 4.40 Å². The summed E-state index contributed by atoms with van der Waals surface area (Å²) >= 11 is 0. The first-order valence-electron chi connectivity index (χ1n) is 15.9. The van der Waals surface area contributed by atoms with Gasteiger partial charge < -0.3 is 4.42 Å². The van der Waals surface area contributed by atoms with Crippen LogP contribution in [0.25, 0.3) is 94.8 Å². The fourth-order valence-corrected chi connectivity index (χ4v) is 6.80. The smallest absolute Gasteiger partial charge is 0.167 e. The van der Waals surface area contributed by atoms with Gasteiger partial charge in [0.05, 0.1) is 22.1 Å². The van der Waals surface area contributed by atoms with Crippen molar-refractivity contribution in [1.82, 2.24) is 24.3 Å². The van der Waals surface area contributed by atoms with E-state index in [2.05, 4.69) is 89.3 Å². The zero-order valence-electron chi connectivity index (χ0n) is 25.6. The quantitative estimate of drug-likeness (QED) is 0.197. The van der Waals surface area contributed by atoms with E-state index in [4.69, 9.17) is 24.4 Å². The fraction of sp³-hybridized carbons (Fsp3) is 0. The van der Waals surface area contributed by atoms with Gasteiger partial charge in [-0.1, -0.05) is 115 Å². The molecule has 224 valence electrons. The first-order chi connectivity index (χ1) is 23.8. The third kappa shape index (κ3) is 4.13. The second kappa shape index (κ2) is 10.4. The van der Waals surface area contributed by atoms with Crippen LogP contribution < -0.4 is 0 Å². The van der Waals surface area contributed by atoms with Crippen LogP contribution >= 0.6 is 0 Å². The molecule has 0 saturated heterocycles. The molecule has 0 bridgehead atoms. The van der Waals surface area contributed by atoms with E-state index < -0.39 is 0 Å². The van der Waals surface area contributed by atoms with Crippen molar-refractivity contribution in [3.8, 4) is 45.3 Å². The van der Waals surface area contributed by atoms with E-state index in [1.165, 1.54) is 0 Å². The van der Waals surface area contributed by atoms with Crippen molar-refractivity contribution < 1.29 is 4.42 Å². The van der Waals surface area contributed by atoms with Gasteiger partial charge in [0.15, 0.2) is 17.5 Å². The van der Waals surface area contributed by atoms with Crippen molar-refractivity contribution >= 4 is 49.5 Å². The molecule has 4 aromatic heterocycles. The Morgan fingerprint density at radius 2 is 1.04 bits per heavy atom. The van der Waals surface area contributed by atoms with Gasteiger partial charge in [-0.15, -0.1) is 0 Å². The lowest BCUT2D eigenvalue weighted by atomic mass is 9.99. The molecule has 0 aliphatic heterocycles. The van der Waals surface area contributed by atoms with Crippen molar-refractivity contribution in [1.29, 1.82) is 0 Å². The second-order valence-corrected chi connectivity index (χ2v) is 11.9. The van der Waals surface area contributed by atoms with Crippen molar-refractivity contribution in [2.75, 3.05) is 0 Å². The van der Waals surface area contributed by atoms with E-state index >= 15 is 0 Å². The molecule has 4 heterocycles. The molecule has 10 rings (SSSR count). The fourth-order valence-electron chi connectivity index (χ4n) is 6.80. The average molecular weight is 616 g/mol. The van der Waals surface area contributed by atoms with Crippen molar-refractivity contribution in [2.24, 2.45) is 0 Å². The highest BCUT2D eigenvalue weighted by atomic mass is 16.3. The van der Waals surface area contributed by atoms with Crippen LogP contribution in [0.1, 0.15) is 0 Å². The molecule has 6 heteroatoms. The minimum absolute atomic E-state index is 0.565. The summed E-state index contributed by atoms with van der Waals surface area (Å²) in [5.74, 6) is 1.77. The Bertz CT molecular complexity index is 2830. The number of hydrogen-bond donors (Lipinski definition) is 0. The van der Waals surface area contributed by atoms with Gasteiger partial charge in [0.1, 0.15) is 16.8 Å². The number of fused-ring (bicyclic) bond motifs is 8. The molecule has 0 saturated carbocycles. The maximum Gasteiger partial charge on any atom is 0.167 e. The molecule has 0 atom stereocenters. The summed E-state index contributed by atoms with van der Waals surface area (Å²) < 4.78 is 8.61. The first-order valence-corrected chi connectivity index (χ1v) is 15.9. The van der Waals surface area contributed by atoms with Gasteiger partial charge in [-0.05, 0) is 47.5 Å². The van der Waals surface area contributed by atoms with Crippen LogP contribution in [-0.2, 0) is 0 Å². The molecule has 0 amide bonds. The molecule has 0 unspecified atom stereocenters. The predicted molar refractivity (Wildman–Crippen MR) is 193 cm³/mol. The van der Waals surface area contributed by atoms with Crippen LogP contribution in [0.3, 0.4) is 0 Å². The van der Waals surface area contributed by atoms with Crippen LogP contribution in [0.4, 0.5) is 0 Å². The van der Waals surface area contributed by atoms with Gasteiger partial charge in [-0.2, -0.15) is 0 Å². The highest BCUT2D eigenvalue weighted by Crippen LogP contribution is 2.37. The topological polar surface area (TPSA) is 69.1 Å². The van der Waals surface area contributed by atoms with E-state index in [9.17, 15) is 0 Å². The molecule has 48 heavy (non-hydrogen) atoms. The Morgan fingerprint density at radius 3 is 1.88 bits per heavy atom. The third-order valence-corrected chi connectivity index (χ3v) is 9.06. The number of benzene rings is 6. The van der Waals surface area contributed by atoms with Gasteiger partial charge in [0.2, 0.25) is 0 Å². The maximum atomic E-state index is 6.37. The Kier molecular flexibility index (Phi) is 5.77. The summed E-state index contributed by atoms with van der Waals surface area (Å²) in [5.41, 5.74) is 10.6. The monoisotopic (exact) mass is 615 g/mol. The Labute approximate surface area is 274 Å². The molecular weight excluding hydrogens is 590 g/mol. The normalized spacial score (nSPS) is 11.8. The lowest BCUT2D eigenvalue weighted by Crippen LogP contribution is -2.00. The Morgan fingerprint density at radius 1 is 0.417 bits per heavy atom. The largest absolute Gasteiger partial charge is 0.455 e. The summed E-state index contributed by atoms with van der Waals surface area (Å²) in [6.45, 7) is 0. The van der Waals surface area contributed by atoms with Crippen LogP contribution in [-0.4, -0.2) is 24.3 Å². The van der Waals surface area contributed by atoms with Gasteiger partial charge in [-0.25, -0.2) is 19.9 Å². The molecule has 0 radical (unpaired) electrons. The average Bonchev–Trinajstić information content (AvgIpc) is 3.73. The number of imidazole rings is 1. The zero-order valence-corrected chi connectivity index (χ0v) is 25.6. The minimum Gasteiger partial charge on any atom is -0.455 e. The molecule has 6 nitrogen and oxygen atoms in total. The summed E-state index contributed by atoms with van der Waals surface area (Å²) in [6.07, 6.45) is 0. The molecule has 10 aromatic rings. The number of rotatable bonds is 4. The highest BCUT2D eigenvalue weighted by Gasteiger charge is 2.18. The summed E-state index contributed by atoms with van der Waals surface area (Å²) in [4.78, 5) is 19.9. The molecule has 0 aliphatic rings. The number of nitrogens with zero attached hydrogens (tertiary/aromatic N) is 5. The number of aromatic nitrogens is 5. The van der Waals surface area contributed by atoms with Crippen LogP contribution in [0, 0.1) is 0 Å². The highest BCUT2D eigenvalue weighted by molar-refractivity contribution is 6.09. The molecule has 0 spiro atoms. The Balaban J connectivity index is 1.13. The number of furan rings is 1. The van der Waals surface area contributed by atoms with E-state index in [1.54, 1.807) is 0 Å². The molecule has 0 aliphatic carbocycles. The van der Waals surface area contributed by atoms with Crippen LogP contribution in [0.5, 0.6) is 0 Å². The molecule has 6 aromatic carbocycles. The summed E-state index contributed by atoms with van der Waals surface area (Å²) in [6, 6.07) is 51.7. The van der Waals surface area contributed by atoms with Crippen LogP contribution in [0.15, 0.2) is 156 Å². The van der Waals surface area contributed by atoms with Gasteiger partial charge >= 0.3 is 0 Å². The van der Waals surface area contributed by atoms with Crippen molar-refractivity contribution in [3.63, 3.8) is 0 Å². The molecule has 0 fully saturated rings. The minimum atomic E-state index is 0.565. The summed E-state index contributed by atoms with van der Waals surface area (Å²) in [7, 11) is 0. The predicted octanol–water partition coefficient (Wildman–Crippen LogP) is 10.4. The summed E-state index contributed by atoms with van der Waals surface area (Å²) in [5, 5.41) is 3.26. The number of pyridine rings is 1. The number of hydrogen-bond acceptors (Lipinski definition) is 5. The standard InChI is InChI=1S/C42H25N5O/c1-2-11-27(12-3-1)40-44-41(46-42(45-40)32-16-10-15-31-30-14-5-9-20-37(30)48-39(31)32)28-23-21-26(22-24-28)33-25-38-43-34-17-6-8-19-36(34)47(38)35-18-7-4-13-29(33)35/h1-25H. The van der Waals surface area contributed by atoms with E-state index in [0.717, 1.165) is 77.3 Å². The third-order valence-electron chi connectivity index (χ3n) is 9.06. The lowest BCUT2D eigenvalue weighted by molar-refractivity contribution is 0.669. The van der Waals surface area contributed by atoms with Crippen molar-refractivity contribution in [3.05, 3.63) is 152 Å². The Hall–Kier alpha value is -6.66. The van der Waals surface area contributed by atoms with E-state index in [-0.39, 0.29) is 0 Å². The molecular formula is C42H25N5O. The second-order valence-electron chi connectivity index (χ2n) is 11.9. The number of para-hydroxylation sites is 5. The SMILES string of the molecule is c1ccc(-c2nc(-c3ccc(-c4cc5nc6ccccc6n5c5ccccc45)cc3)nc(-c3cccc4c3oc3ccccc34)n2)cc1. The zero-order chi connectivity index (χ0) is 31.6. The maximum absolute atomic E-state index is 6.37. The van der Waals surface area contributed by atoms with Crippen molar-refractivity contribution in [2.45, 2.75) is 0 Å². The van der Waals surface area contributed by atoms with Gasteiger partial charge in [0.25, 0.3) is 0 Å². The molecule has 0 N–H and O–H groups in total.